The maximum Gasteiger partial charge on any atom is 0.221 e. The Kier molecular flexibility index (Phi) is 5.90. The number of methoxy groups -OCH3 is 2. The highest BCUT2D eigenvalue weighted by molar-refractivity contribution is 7.13. The van der Waals surface area contributed by atoms with Crippen molar-refractivity contribution in [3.63, 3.8) is 0 Å². The minimum Gasteiger partial charge on any atom is -0.493 e. The van der Waals surface area contributed by atoms with Crippen LogP contribution in [0.2, 0.25) is 0 Å². The Morgan fingerprint density at radius 3 is 2.48 bits per heavy atom. The highest BCUT2D eigenvalue weighted by atomic mass is 32.1. The number of amides is 1. The molecule has 7 nitrogen and oxygen atoms in total. The molecule has 1 atom stereocenters. The van der Waals surface area contributed by atoms with Crippen LogP contribution in [0, 0.1) is 0 Å². The third-order valence-electron chi connectivity index (χ3n) is 5.10. The summed E-state index contributed by atoms with van der Waals surface area (Å²) in [7, 11) is 3.27. The van der Waals surface area contributed by atoms with Gasteiger partial charge >= 0.3 is 0 Å². The predicted molar refractivity (Wildman–Crippen MR) is 124 cm³/mol. The average Bonchev–Trinajstić information content (AvgIpc) is 3.24. The van der Waals surface area contributed by atoms with Crippen LogP contribution in [0.3, 0.4) is 0 Å². The second-order valence-electron chi connectivity index (χ2n) is 7.28. The number of hydrazone groups is 1. The van der Waals surface area contributed by atoms with E-state index in [0.29, 0.717) is 11.5 Å². The third-order valence-corrected chi connectivity index (χ3v) is 5.86. The molecule has 1 aliphatic heterocycles. The van der Waals surface area contributed by atoms with Crippen molar-refractivity contribution in [3.05, 3.63) is 64.7 Å². The van der Waals surface area contributed by atoms with Crippen molar-refractivity contribution in [1.29, 1.82) is 0 Å². The van der Waals surface area contributed by atoms with Crippen LogP contribution in [0.4, 0.5) is 10.8 Å². The number of nitrogens with zero attached hydrogens (tertiary/aromatic N) is 3. The molecule has 0 spiro atoms. The number of ether oxygens (including phenoxy) is 2. The Balaban J connectivity index is 1.87. The molecule has 2 heterocycles. The van der Waals surface area contributed by atoms with E-state index in [1.807, 2.05) is 46.8 Å². The molecule has 1 N–H and O–H groups in total. The van der Waals surface area contributed by atoms with Gasteiger partial charge in [-0.1, -0.05) is 12.1 Å². The van der Waals surface area contributed by atoms with Crippen molar-refractivity contribution in [2.24, 2.45) is 5.10 Å². The monoisotopic (exact) mass is 436 g/mol. The normalized spacial score (nSPS) is 15.5. The van der Waals surface area contributed by atoms with E-state index < -0.39 is 0 Å². The van der Waals surface area contributed by atoms with Crippen LogP contribution in [0.25, 0.3) is 0 Å². The fraction of sp³-hybridized carbons (Fsp3) is 0.261. The van der Waals surface area contributed by atoms with Gasteiger partial charge in [0, 0.05) is 35.3 Å². The molecular weight excluding hydrogens is 412 g/mol. The summed E-state index contributed by atoms with van der Waals surface area (Å²) in [6, 6.07) is 11.8. The summed E-state index contributed by atoms with van der Waals surface area (Å²) in [4.78, 5) is 15.9. The van der Waals surface area contributed by atoms with Crippen molar-refractivity contribution >= 4 is 33.8 Å². The maximum atomic E-state index is 11.4. The molecule has 8 heteroatoms. The molecule has 0 unspecified atom stereocenters. The summed E-state index contributed by atoms with van der Waals surface area (Å²) in [5.41, 5.74) is 4.58. The van der Waals surface area contributed by atoms with Crippen LogP contribution in [0.5, 0.6) is 11.5 Å². The number of aromatic nitrogens is 1. The van der Waals surface area contributed by atoms with Gasteiger partial charge in [-0.15, -0.1) is 11.3 Å². The Bertz CT molecular complexity index is 1110. The van der Waals surface area contributed by atoms with Crippen LogP contribution in [-0.4, -0.2) is 36.9 Å². The first-order valence-electron chi connectivity index (χ1n) is 9.90. The SMILES string of the molecule is COc1cc2c(cc1OC)C(c1ccc(NC(C)=O)cc1)=NN(c1nccs1)[C@H](C)C2. The zero-order valence-electron chi connectivity index (χ0n) is 17.9. The molecule has 0 radical (unpaired) electrons. The first-order valence-corrected chi connectivity index (χ1v) is 10.8. The predicted octanol–water partition coefficient (Wildman–Crippen LogP) is 4.32. The number of hydrogen-bond acceptors (Lipinski definition) is 7. The van der Waals surface area contributed by atoms with E-state index >= 15 is 0 Å². The molecule has 2 aromatic carbocycles. The lowest BCUT2D eigenvalue weighted by Crippen LogP contribution is -2.29. The quantitative estimate of drug-likeness (QED) is 0.645. The second-order valence-corrected chi connectivity index (χ2v) is 8.16. The zero-order chi connectivity index (χ0) is 22.0. The molecule has 31 heavy (non-hydrogen) atoms. The van der Waals surface area contributed by atoms with Crippen molar-refractivity contribution in [2.75, 3.05) is 24.5 Å². The van der Waals surface area contributed by atoms with Crippen LogP contribution in [0.1, 0.15) is 30.5 Å². The standard InChI is InChI=1S/C23H24N4O3S/c1-14-11-17-12-20(29-3)21(30-4)13-19(17)22(26-27(14)23-24-9-10-31-23)16-5-7-18(8-6-16)25-15(2)28/h5-10,12-14H,11H2,1-4H3,(H,25,28)/t14-/m1/s1. The molecule has 0 fully saturated rings. The lowest BCUT2D eigenvalue weighted by molar-refractivity contribution is -0.114. The summed E-state index contributed by atoms with van der Waals surface area (Å²) in [5, 5.41) is 12.6. The topological polar surface area (TPSA) is 76.1 Å². The highest BCUT2D eigenvalue weighted by Gasteiger charge is 2.27. The van der Waals surface area contributed by atoms with Crippen molar-refractivity contribution in [2.45, 2.75) is 26.3 Å². The van der Waals surface area contributed by atoms with Crippen LogP contribution in [-0.2, 0) is 11.2 Å². The molecule has 160 valence electrons. The van der Waals surface area contributed by atoms with Crippen molar-refractivity contribution in [3.8, 4) is 11.5 Å². The van der Waals surface area contributed by atoms with Gasteiger partial charge in [-0.3, -0.25) is 4.79 Å². The molecule has 4 rings (SSSR count). The highest BCUT2D eigenvalue weighted by Crippen LogP contribution is 2.36. The molecule has 1 amide bonds. The van der Waals surface area contributed by atoms with Gasteiger partial charge in [-0.05, 0) is 43.2 Å². The molecule has 1 aliphatic rings. The number of rotatable bonds is 5. The number of thiazole rings is 1. The van der Waals surface area contributed by atoms with Crippen LogP contribution >= 0.6 is 11.3 Å². The maximum absolute atomic E-state index is 11.4. The van der Waals surface area contributed by atoms with E-state index in [1.165, 1.54) is 6.92 Å². The number of hydrogen-bond donors (Lipinski definition) is 1. The van der Waals surface area contributed by atoms with E-state index in [-0.39, 0.29) is 11.9 Å². The Labute approximate surface area is 185 Å². The van der Waals surface area contributed by atoms with Gasteiger partial charge in [0.15, 0.2) is 11.5 Å². The van der Waals surface area contributed by atoms with Crippen LogP contribution in [0.15, 0.2) is 53.1 Å². The van der Waals surface area contributed by atoms with Gasteiger partial charge in [0.05, 0.1) is 26.0 Å². The summed E-state index contributed by atoms with van der Waals surface area (Å²) < 4.78 is 11.1. The minimum atomic E-state index is -0.106. The number of carbonyl (C=O) groups excluding carboxylic acids is 1. The van der Waals surface area contributed by atoms with Crippen molar-refractivity contribution in [1.82, 2.24) is 4.98 Å². The van der Waals surface area contributed by atoms with E-state index in [4.69, 9.17) is 14.6 Å². The number of nitrogens with one attached hydrogen (secondary N) is 1. The molecule has 1 aromatic heterocycles. The van der Waals surface area contributed by atoms with Gasteiger partial charge in [0.25, 0.3) is 0 Å². The number of fused-ring (bicyclic) bond motifs is 1. The number of benzene rings is 2. The zero-order valence-corrected chi connectivity index (χ0v) is 18.7. The molecule has 0 bridgehead atoms. The van der Waals surface area contributed by atoms with Gasteiger partial charge in [0.1, 0.15) is 0 Å². The summed E-state index contributed by atoms with van der Waals surface area (Å²) >= 11 is 1.55. The number of anilines is 2. The number of carbonyl (C=O) groups is 1. The summed E-state index contributed by atoms with van der Waals surface area (Å²) in [6.07, 6.45) is 2.56. The Hall–Kier alpha value is -3.39. The summed E-state index contributed by atoms with van der Waals surface area (Å²) in [5.74, 6) is 1.24. The first kappa shape index (κ1) is 20.9. The molecule has 0 saturated heterocycles. The molecule has 3 aromatic rings. The van der Waals surface area contributed by atoms with Crippen molar-refractivity contribution < 1.29 is 14.3 Å². The molecule has 0 aliphatic carbocycles. The van der Waals surface area contributed by atoms with E-state index in [1.54, 1.807) is 31.8 Å². The van der Waals surface area contributed by atoms with E-state index in [9.17, 15) is 4.79 Å². The van der Waals surface area contributed by atoms with E-state index in [2.05, 4.69) is 17.2 Å². The van der Waals surface area contributed by atoms with Gasteiger partial charge in [-0.25, -0.2) is 9.99 Å². The van der Waals surface area contributed by atoms with E-state index in [0.717, 1.165) is 39.6 Å². The minimum absolute atomic E-state index is 0.0964. The fourth-order valence-corrected chi connectivity index (χ4v) is 4.36. The lowest BCUT2D eigenvalue weighted by atomic mass is 9.94. The average molecular weight is 437 g/mol. The molecule has 0 saturated carbocycles. The summed E-state index contributed by atoms with van der Waals surface area (Å²) in [6.45, 7) is 3.63. The van der Waals surface area contributed by atoms with Gasteiger partial charge < -0.3 is 14.8 Å². The van der Waals surface area contributed by atoms with Gasteiger partial charge in [0.2, 0.25) is 11.0 Å². The smallest absolute Gasteiger partial charge is 0.221 e. The van der Waals surface area contributed by atoms with Gasteiger partial charge in [-0.2, -0.15) is 5.10 Å². The fourth-order valence-electron chi connectivity index (χ4n) is 3.66. The lowest BCUT2D eigenvalue weighted by Gasteiger charge is -2.22. The Morgan fingerprint density at radius 2 is 1.87 bits per heavy atom. The molecular formula is C23H24N4O3S. The third kappa shape index (κ3) is 4.25. The largest absolute Gasteiger partial charge is 0.493 e. The van der Waals surface area contributed by atoms with Crippen LogP contribution < -0.4 is 19.8 Å². The Morgan fingerprint density at radius 1 is 1.16 bits per heavy atom. The first-order chi connectivity index (χ1) is 15.0. The second kappa shape index (κ2) is 8.77.